The quantitative estimate of drug-likeness (QED) is 0.733. The lowest BCUT2D eigenvalue weighted by molar-refractivity contribution is -0.138. The predicted octanol–water partition coefficient (Wildman–Crippen LogP) is 2.40. The van der Waals surface area contributed by atoms with Crippen LogP contribution in [-0.2, 0) is 21.4 Å². The van der Waals surface area contributed by atoms with Crippen LogP contribution in [0.3, 0.4) is 0 Å². The summed E-state index contributed by atoms with van der Waals surface area (Å²) in [6.07, 6.45) is 11.9. The van der Waals surface area contributed by atoms with Crippen LogP contribution in [0, 0.1) is 11.8 Å². The number of hydrogen-bond acceptors (Lipinski definition) is 4. The first kappa shape index (κ1) is 21.9. The fourth-order valence-corrected chi connectivity index (χ4v) is 5.66. The Morgan fingerprint density at radius 2 is 2.23 bits per heavy atom. The number of carbonyl (C=O) groups is 1. The van der Waals surface area contributed by atoms with Crippen LogP contribution in [0.5, 0.6) is 0 Å². The van der Waals surface area contributed by atoms with Gasteiger partial charge in [-0.3, -0.25) is 9.78 Å². The lowest BCUT2D eigenvalue weighted by Gasteiger charge is -2.38. The number of hydrogen-bond donors (Lipinski definition) is 2. The number of pyridine rings is 1. The molecule has 0 spiro atoms. The first-order valence-electron chi connectivity index (χ1n) is 11.0. The van der Waals surface area contributed by atoms with E-state index in [2.05, 4.69) is 20.2 Å². The van der Waals surface area contributed by atoms with E-state index in [4.69, 9.17) is 5.73 Å². The Morgan fingerprint density at radius 1 is 1.39 bits per heavy atom. The van der Waals surface area contributed by atoms with Gasteiger partial charge in [0.15, 0.2) is 0 Å². The third-order valence-corrected chi connectivity index (χ3v) is 7.47. The largest absolute Gasteiger partial charge is 0.386 e. The Labute approximate surface area is 186 Å². The van der Waals surface area contributed by atoms with Gasteiger partial charge in [0.25, 0.3) is 0 Å². The van der Waals surface area contributed by atoms with E-state index in [1.54, 1.807) is 6.20 Å². The van der Waals surface area contributed by atoms with Crippen molar-refractivity contribution in [2.45, 2.75) is 51.0 Å². The Kier molecular flexibility index (Phi) is 6.39. The van der Waals surface area contributed by atoms with E-state index in [1.165, 1.54) is 5.57 Å². The summed E-state index contributed by atoms with van der Waals surface area (Å²) in [6, 6.07) is 5.66. The van der Waals surface area contributed by atoms with E-state index in [9.17, 15) is 9.00 Å². The van der Waals surface area contributed by atoms with Gasteiger partial charge < -0.3 is 10.6 Å². The zero-order chi connectivity index (χ0) is 22.0. The molecule has 0 bridgehead atoms. The van der Waals surface area contributed by atoms with E-state index in [0.717, 1.165) is 44.5 Å². The maximum Gasteiger partial charge on any atom is 0.234 e. The average molecular weight is 442 g/mol. The number of amidine groups is 1. The van der Waals surface area contributed by atoms with Gasteiger partial charge >= 0.3 is 0 Å². The average Bonchev–Trinajstić information content (AvgIpc) is 2.77. The minimum absolute atomic E-state index is 0.0351. The van der Waals surface area contributed by atoms with Crippen molar-refractivity contribution in [3.63, 3.8) is 0 Å². The highest BCUT2D eigenvalue weighted by Gasteiger charge is 2.37. The van der Waals surface area contributed by atoms with E-state index >= 15 is 0 Å². The zero-order valence-electron chi connectivity index (χ0n) is 18.2. The molecule has 4 atom stereocenters. The summed E-state index contributed by atoms with van der Waals surface area (Å²) in [5.74, 6) is 1.000. The monoisotopic (exact) mass is 441 g/mol. The Bertz CT molecular complexity index is 941. The number of allylic oxidation sites excluding steroid dienone is 2. The Morgan fingerprint density at radius 3 is 3.00 bits per heavy atom. The van der Waals surface area contributed by atoms with Gasteiger partial charge in [0.05, 0.1) is 23.1 Å². The molecule has 0 aromatic carbocycles. The van der Waals surface area contributed by atoms with Crippen molar-refractivity contribution in [2.75, 3.05) is 13.1 Å². The van der Waals surface area contributed by atoms with Crippen LogP contribution < -0.4 is 10.5 Å². The Balaban J connectivity index is 1.39. The van der Waals surface area contributed by atoms with Gasteiger partial charge in [0.2, 0.25) is 17.1 Å². The summed E-state index contributed by atoms with van der Waals surface area (Å²) in [7, 11) is 0. The van der Waals surface area contributed by atoms with Gasteiger partial charge in [0, 0.05) is 19.3 Å². The highest BCUT2D eigenvalue weighted by molar-refractivity contribution is 7.81. The second kappa shape index (κ2) is 9.04. The summed E-state index contributed by atoms with van der Waals surface area (Å²) in [5.41, 5.74) is 7.52. The molecule has 8 heteroatoms. The minimum atomic E-state index is -1.46. The molecule has 4 rings (SSSR count). The lowest BCUT2D eigenvalue weighted by Crippen LogP contribution is -2.49. The molecule has 7 nitrogen and oxygen atoms in total. The summed E-state index contributed by atoms with van der Waals surface area (Å²) in [6.45, 7) is 5.50. The van der Waals surface area contributed by atoms with Crippen LogP contribution in [0.15, 0.2) is 52.6 Å². The zero-order valence-corrected chi connectivity index (χ0v) is 19.0. The molecule has 1 aromatic rings. The molecule has 0 radical (unpaired) electrons. The van der Waals surface area contributed by atoms with Crippen molar-refractivity contribution < 1.29 is 9.00 Å². The summed E-state index contributed by atoms with van der Waals surface area (Å²) in [5, 5.41) is 0. The van der Waals surface area contributed by atoms with Crippen molar-refractivity contribution in [1.29, 1.82) is 0 Å². The number of nitrogens with one attached hydrogen (secondary N) is 1. The third kappa shape index (κ3) is 4.65. The van der Waals surface area contributed by atoms with Crippen LogP contribution in [0.2, 0.25) is 0 Å². The van der Waals surface area contributed by atoms with Crippen LogP contribution in [0.25, 0.3) is 0 Å². The normalized spacial score (nSPS) is 28.5. The molecule has 3 heterocycles. The van der Waals surface area contributed by atoms with Crippen molar-refractivity contribution in [1.82, 2.24) is 14.6 Å². The molecule has 1 aliphatic carbocycles. The van der Waals surface area contributed by atoms with Gasteiger partial charge in [-0.2, -0.15) is 4.40 Å². The van der Waals surface area contributed by atoms with E-state index in [1.807, 2.05) is 49.1 Å². The smallest absolute Gasteiger partial charge is 0.234 e. The van der Waals surface area contributed by atoms with Gasteiger partial charge in [-0.25, -0.2) is 8.93 Å². The van der Waals surface area contributed by atoms with Gasteiger partial charge in [-0.15, -0.1) is 0 Å². The van der Waals surface area contributed by atoms with E-state index in [-0.39, 0.29) is 17.9 Å². The first-order chi connectivity index (χ1) is 14.9. The van der Waals surface area contributed by atoms with Crippen molar-refractivity contribution in [3.05, 3.63) is 53.9 Å². The molecular formula is C23H31N5O2S. The lowest BCUT2D eigenvalue weighted by atomic mass is 9.81. The minimum Gasteiger partial charge on any atom is -0.386 e. The first-order valence-corrected chi connectivity index (χ1v) is 12.1. The molecule has 3 aliphatic rings. The highest BCUT2D eigenvalue weighted by Crippen LogP contribution is 2.32. The SMILES string of the molecule is CC(C)(C(=O)N1CCC[C@H](CCC2=CC=CC3NS(=O)N=C(N)C23)C1)c1ccccn1. The number of likely N-dealkylation sites (tertiary alicyclic amines) is 1. The summed E-state index contributed by atoms with van der Waals surface area (Å²) >= 11 is -1.46. The molecular weight excluding hydrogens is 410 g/mol. The molecule has 1 amide bonds. The molecule has 166 valence electrons. The number of rotatable bonds is 5. The number of nitrogens with two attached hydrogens (primary N) is 1. The fourth-order valence-electron chi connectivity index (χ4n) is 4.85. The van der Waals surface area contributed by atoms with Gasteiger partial charge in [-0.05, 0) is 57.6 Å². The Hall–Kier alpha value is -2.32. The third-order valence-electron chi connectivity index (χ3n) is 6.62. The number of amides is 1. The van der Waals surface area contributed by atoms with E-state index in [0.29, 0.717) is 11.8 Å². The number of carbonyl (C=O) groups excluding carboxylic acids is 1. The topological polar surface area (TPSA) is 101 Å². The maximum atomic E-state index is 13.3. The molecule has 3 unspecified atom stereocenters. The molecule has 31 heavy (non-hydrogen) atoms. The highest BCUT2D eigenvalue weighted by atomic mass is 32.2. The molecule has 3 N–H and O–H groups in total. The number of fused-ring (bicyclic) bond motifs is 1. The van der Waals surface area contributed by atoms with Crippen molar-refractivity contribution in [3.8, 4) is 0 Å². The van der Waals surface area contributed by atoms with Gasteiger partial charge in [0.1, 0.15) is 5.84 Å². The summed E-state index contributed by atoms with van der Waals surface area (Å²) < 4.78 is 18.8. The number of nitrogens with zero attached hydrogens (tertiary/aromatic N) is 3. The molecule has 0 saturated carbocycles. The molecule has 2 aliphatic heterocycles. The van der Waals surface area contributed by atoms with Crippen molar-refractivity contribution in [2.24, 2.45) is 22.0 Å². The van der Waals surface area contributed by atoms with Gasteiger partial charge in [-0.1, -0.05) is 29.9 Å². The van der Waals surface area contributed by atoms with Crippen molar-refractivity contribution >= 4 is 22.9 Å². The maximum absolute atomic E-state index is 13.3. The molecule has 1 saturated heterocycles. The number of aromatic nitrogens is 1. The number of piperidine rings is 1. The van der Waals surface area contributed by atoms with E-state index < -0.39 is 16.6 Å². The fraction of sp³-hybridized carbons (Fsp3) is 0.522. The molecule has 1 aromatic heterocycles. The summed E-state index contributed by atoms with van der Waals surface area (Å²) in [4.78, 5) is 19.8. The predicted molar refractivity (Wildman–Crippen MR) is 123 cm³/mol. The van der Waals surface area contributed by atoms with Crippen LogP contribution in [0.1, 0.15) is 45.2 Å². The second-order valence-corrected chi connectivity index (χ2v) is 10.1. The van der Waals surface area contributed by atoms with Crippen LogP contribution in [-0.4, -0.2) is 45.0 Å². The second-order valence-electron chi connectivity index (χ2n) is 9.15. The van der Waals surface area contributed by atoms with Crippen LogP contribution >= 0.6 is 0 Å². The standard InChI is InChI=1S/C23H31N5O2S/c1-23(2,19-10-3-4-13-25-19)22(29)28-14-6-7-16(15-28)11-12-17-8-5-9-18-20(17)21(24)27-31(30)26-18/h3-5,8-10,13,16,18,20,26H,6-7,11-12,14-15H2,1-2H3,(H2,24,27)/t16-,18?,20?,31?/m1/s1. The van der Waals surface area contributed by atoms with Crippen LogP contribution in [0.4, 0.5) is 0 Å². The molecule has 1 fully saturated rings.